The van der Waals surface area contributed by atoms with Gasteiger partial charge in [0.05, 0.1) is 0 Å². The molecule has 1 fully saturated rings. The molecule has 1 saturated heterocycles. The van der Waals surface area contributed by atoms with Crippen molar-refractivity contribution in [2.24, 2.45) is 0 Å². The largest absolute Gasteiger partial charge is 0.335 e. The summed E-state index contributed by atoms with van der Waals surface area (Å²) in [7, 11) is 0. The standard InChI is InChI=1S/C24H26N2/c1-20-19-26(18-17-25-20)24(21-11-5-2-6-12-21,22-13-7-3-8-14-22)23-15-9-4-10-16-23/h2-16,20,25H,17-19H2,1H3/p+2/t20-/m1/s1. The minimum Gasteiger partial charge on any atom is -0.335 e. The Morgan fingerprint density at radius 1 is 0.731 bits per heavy atom. The van der Waals surface area contributed by atoms with E-state index in [-0.39, 0.29) is 5.54 Å². The highest BCUT2D eigenvalue weighted by Crippen LogP contribution is 2.34. The third kappa shape index (κ3) is 2.96. The Morgan fingerprint density at radius 3 is 1.54 bits per heavy atom. The molecule has 4 rings (SSSR count). The highest BCUT2D eigenvalue weighted by molar-refractivity contribution is 5.46. The van der Waals surface area contributed by atoms with Gasteiger partial charge in [-0.2, -0.15) is 0 Å². The van der Waals surface area contributed by atoms with Crippen molar-refractivity contribution in [3.63, 3.8) is 0 Å². The first kappa shape index (κ1) is 17.0. The molecular weight excluding hydrogens is 316 g/mol. The summed E-state index contributed by atoms with van der Waals surface area (Å²) < 4.78 is 0. The van der Waals surface area contributed by atoms with Crippen LogP contribution in [0.3, 0.4) is 0 Å². The molecule has 0 aliphatic carbocycles. The lowest BCUT2D eigenvalue weighted by Crippen LogP contribution is -3.26. The van der Waals surface area contributed by atoms with E-state index in [0.717, 1.165) is 13.1 Å². The normalized spacial score (nSPS) is 20.7. The minimum absolute atomic E-state index is 0.174. The Balaban J connectivity index is 2.00. The highest BCUT2D eigenvalue weighted by atomic mass is 15.3. The molecule has 2 nitrogen and oxygen atoms in total. The fourth-order valence-corrected chi connectivity index (χ4v) is 4.63. The van der Waals surface area contributed by atoms with Gasteiger partial charge in [0.25, 0.3) is 0 Å². The van der Waals surface area contributed by atoms with Crippen LogP contribution in [0, 0.1) is 0 Å². The van der Waals surface area contributed by atoms with Crippen LogP contribution >= 0.6 is 0 Å². The number of hydrogen-bond acceptors (Lipinski definition) is 0. The second-order valence-corrected chi connectivity index (χ2v) is 7.41. The Kier molecular flexibility index (Phi) is 4.87. The van der Waals surface area contributed by atoms with E-state index in [1.165, 1.54) is 23.2 Å². The van der Waals surface area contributed by atoms with Gasteiger partial charge < -0.3 is 10.2 Å². The predicted molar refractivity (Wildman–Crippen MR) is 106 cm³/mol. The van der Waals surface area contributed by atoms with Gasteiger partial charge in [-0.25, -0.2) is 0 Å². The molecule has 132 valence electrons. The van der Waals surface area contributed by atoms with Crippen LogP contribution in [0.5, 0.6) is 0 Å². The van der Waals surface area contributed by atoms with Crippen LogP contribution in [0.2, 0.25) is 0 Å². The maximum absolute atomic E-state index is 2.48. The molecule has 0 spiro atoms. The van der Waals surface area contributed by atoms with Gasteiger partial charge in [-0.15, -0.1) is 0 Å². The summed E-state index contributed by atoms with van der Waals surface area (Å²) in [5, 5.41) is 2.48. The highest BCUT2D eigenvalue weighted by Gasteiger charge is 2.48. The van der Waals surface area contributed by atoms with Gasteiger partial charge in [0, 0.05) is 16.7 Å². The average molecular weight is 345 g/mol. The molecule has 0 bridgehead atoms. The summed E-state index contributed by atoms with van der Waals surface area (Å²) in [5.74, 6) is 0. The summed E-state index contributed by atoms with van der Waals surface area (Å²) in [6, 6.07) is 33.8. The van der Waals surface area contributed by atoms with Gasteiger partial charge in [-0.05, 0) is 6.92 Å². The third-order valence-electron chi connectivity index (χ3n) is 5.73. The topological polar surface area (TPSA) is 21.1 Å². The Bertz CT molecular complexity index is 718. The van der Waals surface area contributed by atoms with Crippen LogP contribution in [-0.4, -0.2) is 25.7 Å². The van der Waals surface area contributed by atoms with Crippen molar-refractivity contribution in [3.8, 4) is 0 Å². The van der Waals surface area contributed by atoms with Crippen molar-refractivity contribution >= 4 is 0 Å². The van der Waals surface area contributed by atoms with Crippen molar-refractivity contribution in [3.05, 3.63) is 108 Å². The Morgan fingerprint density at radius 2 is 1.15 bits per heavy atom. The van der Waals surface area contributed by atoms with E-state index in [2.05, 4.69) is 103 Å². The lowest BCUT2D eigenvalue weighted by atomic mass is 9.75. The van der Waals surface area contributed by atoms with Gasteiger partial charge in [0.1, 0.15) is 25.7 Å². The monoisotopic (exact) mass is 344 g/mol. The summed E-state index contributed by atoms with van der Waals surface area (Å²) in [6.07, 6.45) is 0. The zero-order valence-electron chi connectivity index (χ0n) is 15.4. The molecular formula is C24H28N2+2. The zero-order valence-corrected chi connectivity index (χ0v) is 15.4. The van der Waals surface area contributed by atoms with Gasteiger partial charge in [0.2, 0.25) is 0 Å². The molecule has 0 radical (unpaired) electrons. The van der Waals surface area contributed by atoms with Crippen LogP contribution in [0.25, 0.3) is 0 Å². The third-order valence-corrected chi connectivity index (χ3v) is 5.73. The van der Waals surface area contributed by atoms with Gasteiger partial charge in [-0.1, -0.05) is 91.0 Å². The summed E-state index contributed by atoms with van der Waals surface area (Å²) >= 11 is 0. The SMILES string of the molecule is C[C@@H]1C[NH+](C(c2ccccc2)(c2ccccc2)c2ccccc2)CC[NH2+]1. The Labute approximate surface area is 156 Å². The van der Waals surface area contributed by atoms with Crippen LogP contribution in [0.1, 0.15) is 23.6 Å². The fourth-order valence-electron chi connectivity index (χ4n) is 4.63. The van der Waals surface area contributed by atoms with E-state index in [4.69, 9.17) is 0 Å². The summed E-state index contributed by atoms with van der Waals surface area (Å²) in [5.41, 5.74) is 3.95. The predicted octanol–water partition coefficient (Wildman–Crippen LogP) is 1.83. The van der Waals surface area contributed by atoms with E-state index < -0.39 is 0 Å². The smallest absolute Gasteiger partial charge is 0.175 e. The fraction of sp³-hybridized carbons (Fsp3) is 0.250. The Hall–Kier alpha value is -2.42. The quantitative estimate of drug-likeness (QED) is 0.674. The maximum Gasteiger partial charge on any atom is 0.175 e. The van der Waals surface area contributed by atoms with Crippen molar-refractivity contribution in [1.82, 2.24) is 0 Å². The summed E-state index contributed by atoms with van der Waals surface area (Å²) in [6.45, 7) is 5.83. The van der Waals surface area contributed by atoms with Crippen LogP contribution in [0.15, 0.2) is 91.0 Å². The number of quaternary nitrogens is 2. The van der Waals surface area contributed by atoms with Gasteiger partial charge in [0.15, 0.2) is 5.54 Å². The molecule has 1 aliphatic heterocycles. The molecule has 0 amide bonds. The zero-order chi connectivity index (χ0) is 17.8. The minimum atomic E-state index is -0.174. The van der Waals surface area contributed by atoms with Crippen molar-refractivity contribution in [1.29, 1.82) is 0 Å². The molecule has 1 unspecified atom stereocenters. The van der Waals surface area contributed by atoms with Crippen LogP contribution < -0.4 is 10.2 Å². The molecule has 0 aromatic heterocycles. The molecule has 1 heterocycles. The lowest BCUT2D eigenvalue weighted by Gasteiger charge is -2.44. The molecule has 3 aromatic carbocycles. The van der Waals surface area contributed by atoms with E-state index in [9.17, 15) is 0 Å². The molecule has 2 atom stereocenters. The van der Waals surface area contributed by atoms with Crippen LogP contribution in [-0.2, 0) is 5.54 Å². The number of nitrogens with two attached hydrogens (primary N) is 1. The lowest BCUT2D eigenvalue weighted by molar-refractivity contribution is -0.993. The number of hydrogen-bond donors (Lipinski definition) is 2. The second-order valence-electron chi connectivity index (χ2n) is 7.41. The van der Waals surface area contributed by atoms with E-state index in [1.807, 2.05) is 0 Å². The molecule has 3 N–H and O–H groups in total. The van der Waals surface area contributed by atoms with Gasteiger partial charge >= 0.3 is 0 Å². The molecule has 2 heteroatoms. The first-order valence-electron chi connectivity index (χ1n) is 9.67. The second kappa shape index (κ2) is 7.45. The van der Waals surface area contributed by atoms with Crippen LogP contribution in [0.4, 0.5) is 0 Å². The van der Waals surface area contributed by atoms with Gasteiger partial charge in [-0.3, -0.25) is 0 Å². The maximum atomic E-state index is 2.48. The van der Waals surface area contributed by atoms with Crippen molar-refractivity contribution < 1.29 is 10.2 Å². The number of nitrogens with one attached hydrogen (secondary N) is 1. The van der Waals surface area contributed by atoms with Crippen molar-refractivity contribution in [2.75, 3.05) is 19.6 Å². The molecule has 1 aliphatic rings. The molecule has 3 aromatic rings. The number of benzene rings is 3. The number of piperazine rings is 1. The molecule has 26 heavy (non-hydrogen) atoms. The van der Waals surface area contributed by atoms with E-state index in [0.29, 0.717) is 6.04 Å². The first-order chi connectivity index (χ1) is 12.8. The first-order valence-corrected chi connectivity index (χ1v) is 9.67. The van der Waals surface area contributed by atoms with E-state index in [1.54, 1.807) is 4.90 Å². The number of rotatable bonds is 4. The summed E-state index contributed by atoms with van der Waals surface area (Å²) in [4.78, 5) is 1.64. The average Bonchev–Trinajstić information content (AvgIpc) is 2.71. The van der Waals surface area contributed by atoms with E-state index >= 15 is 0 Å². The van der Waals surface area contributed by atoms with Crippen molar-refractivity contribution in [2.45, 2.75) is 18.5 Å². The molecule has 0 saturated carbocycles.